The molecule has 2 rings (SSSR count). The number of imidazole rings is 1. The van der Waals surface area contributed by atoms with Crippen LogP contribution in [0.4, 0.5) is 0 Å². The van der Waals surface area contributed by atoms with Gasteiger partial charge in [0.2, 0.25) is 0 Å². The molecule has 0 aliphatic heterocycles. The highest BCUT2D eigenvalue weighted by Crippen LogP contribution is 2.11. The second-order valence-electron chi connectivity index (χ2n) is 3.60. The van der Waals surface area contributed by atoms with Crippen molar-refractivity contribution < 1.29 is 0 Å². The molecule has 0 aliphatic carbocycles. The number of aromatic nitrogens is 4. The zero-order chi connectivity index (χ0) is 12.0. The van der Waals surface area contributed by atoms with Gasteiger partial charge in [0.1, 0.15) is 11.5 Å². The Balaban J connectivity index is 3.13. The molecule has 7 heteroatoms. The van der Waals surface area contributed by atoms with Crippen LogP contribution >= 0.6 is 15.9 Å². The first-order valence-electron chi connectivity index (χ1n) is 4.66. The highest BCUT2D eigenvalue weighted by atomic mass is 79.9. The van der Waals surface area contributed by atoms with E-state index in [1.165, 1.54) is 11.6 Å². The van der Waals surface area contributed by atoms with Crippen molar-refractivity contribution in [2.75, 3.05) is 0 Å². The van der Waals surface area contributed by atoms with E-state index in [9.17, 15) is 9.59 Å². The van der Waals surface area contributed by atoms with Gasteiger partial charge >= 0.3 is 5.69 Å². The molecular formula is C9H11BrN4O2. The molecule has 0 saturated heterocycles. The number of hydrogen-bond donors (Lipinski definition) is 0. The van der Waals surface area contributed by atoms with E-state index in [0.717, 1.165) is 4.57 Å². The van der Waals surface area contributed by atoms with Crippen LogP contribution < -0.4 is 11.2 Å². The lowest BCUT2D eigenvalue weighted by Gasteiger charge is -2.05. The Labute approximate surface area is 99.3 Å². The summed E-state index contributed by atoms with van der Waals surface area (Å²) in [6.07, 6.45) is 0. The predicted molar refractivity (Wildman–Crippen MR) is 63.8 cm³/mol. The Morgan fingerprint density at radius 2 is 1.75 bits per heavy atom. The third-order valence-electron chi connectivity index (χ3n) is 2.68. The summed E-state index contributed by atoms with van der Waals surface area (Å²) < 4.78 is 4.23. The first kappa shape index (κ1) is 11.1. The zero-order valence-corrected chi connectivity index (χ0v) is 10.8. The second kappa shape index (κ2) is 3.58. The molecule has 0 atom stereocenters. The van der Waals surface area contributed by atoms with Gasteiger partial charge in [0.15, 0.2) is 5.52 Å². The summed E-state index contributed by atoms with van der Waals surface area (Å²) in [4.78, 5) is 27.8. The van der Waals surface area contributed by atoms with E-state index in [2.05, 4.69) is 20.9 Å². The van der Waals surface area contributed by atoms with Gasteiger partial charge in [-0.15, -0.1) is 0 Å². The van der Waals surface area contributed by atoms with Gasteiger partial charge < -0.3 is 4.57 Å². The molecule has 0 radical (unpaired) electrons. The monoisotopic (exact) mass is 286 g/mol. The third-order valence-corrected chi connectivity index (χ3v) is 3.18. The molecule has 0 amide bonds. The van der Waals surface area contributed by atoms with Crippen molar-refractivity contribution in [3.63, 3.8) is 0 Å². The number of alkyl halides is 1. The quantitative estimate of drug-likeness (QED) is 0.686. The molecular weight excluding hydrogens is 276 g/mol. The summed E-state index contributed by atoms with van der Waals surface area (Å²) in [5.74, 6) is 0.716. The molecule has 16 heavy (non-hydrogen) atoms. The van der Waals surface area contributed by atoms with Crippen molar-refractivity contribution in [2.24, 2.45) is 21.1 Å². The van der Waals surface area contributed by atoms with Gasteiger partial charge in [-0.3, -0.25) is 13.9 Å². The predicted octanol–water partition coefficient (Wildman–Crippen LogP) is -0.134. The molecule has 0 spiro atoms. The second-order valence-corrected chi connectivity index (χ2v) is 4.16. The van der Waals surface area contributed by atoms with Gasteiger partial charge in [-0.05, 0) is 0 Å². The maximum Gasteiger partial charge on any atom is 0.332 e. The Kier molecular flexibility index (Phi) is 2.49. The average Bonchev–Trinajstić information content (AvgIpc) is 2.61. The molecule has 2 aromatic rings. The molecule has 0 saturated carbocycles. The normalized spacial score (nSPS) is 11.2. The first-order chi connectivity index (χ1) is 7.49. The summed E-state index contributed by atoms with van der Waals surface area (Å²) in [5, 5.41) is 0.537. The highest BCUT2D eigenvalue weighted by molar-refractivity contribution is 9.08. The van der Waals surface area contributed by atoms with E-state index in [-0.39, 0.29) is 11.2 Å². The van der Waals surface area contributed by atoms with Crippen molar-refractivity contribution in [3.05, 3.63) is 26.7 Å². The lowest BCUT2D eigenvalue weighted by atomic mass is 10.5. The van der Waals surface area contributed by atoms with Crippen molar-refractivity contribution in [3.8, 4) is 0 Å². The van der Waals surface area contributed by atoms with Crippen LogP contribution in [0.3, 0.4) is 0 Å². The minimum Gasteiger partial charge on any atom is -0.316 e. The Morgan fingerprint density at radius 3 is 2.31 bits per heavy atom. The highest BCUT2D eigenvalue weighted by Gasteiger charge is 2.15. The number of rotatable bonds is 1. The topological polar surface area (TPSA) is 61.8 Å². The number of halogens is 1. The fourth-order valence-electron chi connectivity index (χ4n) is 1.74. The van der Waals surface area contributed by atoms with E-state index in [1.807, 2.05) is 0 Å². The molecule has 2 heterocycles. The SMILES string of the molecule is Cn1c(=O)c2nc(CBr)n(C)c2n(C)c1=O. The lowest BCUT2D eigenvalue weighted by Crippen LogP contribution is -2.37. The molecule has 0 fully saturated rings. The number of fused-ring (bicyclic) bond motifs is 1. The summed E-state index contributed by atoms with van der Waals surface area (Å²) in [6.45, 7) is 0. The molecule has 0 N–H and O–H groups in total. The fourth-order valence-corrected chi connectivity index (χ4v) is 2.24. The number of hydrogen-bond acceptors (Lipinski definition) is 3. The van der Waals surface area contributed by atoms with Crippen LogP contribution in [0.5, 0.6) is 0 Å². The van der Waals surface area contributed by atoms with Gasteiger partial charge in [-0.2, -0.15) is 0 Å². The zero-order valence-electron chi connectivity index (χ0n) is 9.19. The largest absolute Gasteiger partial charge is 0.332 e. The van der Waals surface area contributed by atoms with Crippen molar-refractivity contribution in [1.29, 1.82) is 0 Å². The minimum atomic E-state index is -0.360. The lowest BCUT2D eigenvalue weighted by molar-refractivity contribution is 0.696. The van der Waals surface area contributed by atoms with Gasteiger partial charge in [0.25, 0.3) is 5.56 Å². The van der Waals surface area contributed by atoms with Gasteiger partial charge in [0.05, 0.1) is 5.33 Å². The molecule has 0 unspecified atom stereocenters. The molecule has 0 bridgehead atoms. The summed E-state index contributed by atoms with van der Waals surface area (Å²) in [5.41, 5.74) is 0.159. The number of nitrogens with zero attached hydrogens (tertiary/aromatic N) is 4. The summed E-state index contributed by atoms with van der Waals surface area (Å²) >= 11 is 3.29. The van der Waals surface area contributed by atoms with E-state index in [0.29, 0.717) is 22.3 Å². The average molecular weight is 287 g/mol. The van der Waals surface area contributed by atoms with Crippen LogP contribution in [0.25, 0.3) is 11.2 Å². The van der Waals surface area contributed by atoms with Crippen molar-refractivity contribution >= 4 is 27.1 Å². The van der Waals surface area contributed by atoms with Gasteiger partial charge in [0, 0.05) is 21.1 Å². The molecule has 6 nitrogen and oxygen atoms in total. The van der Waals surface area contributed by atoms with Crippen molar-refractivity contribution in [1.82, 2.24) is 18.7 Å². The maximum absolute atomic E-state index is 11.8. The summed E-state index contributed by atoms with van der Waals surface area (Å²) in [6, 6.07) is 0. The third kappa shape index (κ3) is 1.27. The molecule has 86 valence electrons. The standard InChI is InChI=1S/C9H11BrN4O2/c1-12-5(4-10)11-6-7(12)13(2)9(16)14(3)8(6)15/h4H2,1-3H3. The Hall–Kier alpha value is -1.37. The number of aryl methyl sites for hydroxylation is 2. The van der Waals surface area contributed by atoms with Crippen LogP contribution in [0.1, 0.15) is 5.82 Å². The van der Waals surface area contributed by atoms with Crippen LogP contribution in [0.15, 0.2) is 9.59 Å². The van der Waals surface area contributed by atoms with E-state index < -0.39 is 0 Å². The molecule has 2 aromatic heterocycles. The van der Waals surface area contributed by atoms with Gasteiger partial charge in [-0.1, -0.05) is 15.9 Å². The van der Waals surface area contributed by atoms with E-state index in [1.54, 1.807) is 18.7 Å². The Bertz CT molecular complexity index is 679. The van der Waals surface area contributed by atoms with Crippen molar-refractivity contribution in [2.45, 2.75) is 5.33 Å². The van der Waals surface area contributed by atoms with Crippen LogP contribution in [0.2, 0.25) is 0 Å². The van der Waals surface area contributed by atoms with E-state index >= 15 is 0 Å². The van der Waals surface area contributed by atoms with Gasteiger partial charge in [-0.25, -0.2) is 9.78 Å². The van der Waals surface area contributed by atoms with Crippen LogP contribution in [0, 0.1) is 0 Å². The summed E-state index contributed by atoms with van der Waals surface area (Å²) in [7, 11) is 4.86. The smallest absolute Gasteiger partial charge is 0.316 e. The molecule has 0 aromatic carbocycles. The van der Waals surface area contributed by atoms with Crippen LogP contribution in [-0.4, -0.2) is 18.7 Å². The fraction of sp³-hybridized carbons (Fsp3) is 0.444. The maximum atomic E-state index is 11.8. The first-order valence-corrected chi connectivity index (χ1v) is 5.78. The van der Waals surface area contributed by atoms with Crippen LogP contribution in [-0.2, 0) is 26.5 Å². The van der Waals surface area contributed by atoms with E-state index in [4.69, 9.17) is 0 Å². The minimum absolute atomic E-state index is 0.321. The Morgan fingerprint density at radius 1 is 1.12 bits per heavy atom. The molecule has 0 aliphatic rings.